The van der Waals surface area contributed by atoms with Gasteiger partial charge in [-0.1, -0.05) is 32.1 Å². The number of aryl methyl sites for hydroxylation is 1. The van der Waals surface area contributed by atoms with Crippen LogP contribution in [0.15, 0.2) is 23.1 Å². The molecule has 0 aromatic heterocycles. The Kier molecular flexibility index (Phi) is 5.68. The maximum absolute atomic E-state index is 12.6. The number of nitrogens with zero attached hydrogens (tertiary/aromatic N) is 1. The second-order valence-corrected chi connectivity index (χ2v) is 7.27. The van der Waals surface area contributed by atoms with Gasteiger partial charge in [-0.2, -0.15) is 4.31 Å². The molecular weight excluding hydrogens is 292 g/mol. The molecule has 20 heavy (non-hydrogen) atoms. The molecule has 0 heterocycles. The zero-order valence-corrected chi connectivity index (χ0v) is 14.0. The summed E-state index contributed by atoms with van der Waals surface area (Å²) in [7, 11) is -1.85. The van der Waals surface area contributed by atoms with Crippen molar-refractivity contribution in [1.29, 1.82) is 0 Å². The average Bonchev–Trinajstić information content (AvgIpc) is 2.39. The number of sulfonamides is 1. The molecule has 0 amide bonds. The third-order valence-electron chi connectivity index (χ3n) is 3.60. The van der Waals surface area contributed by atoms with Crippen LogP contribution >= 0.6 is 12.2 Å². The second-order valence-electron chi connectivity index (χ2n) is 4.83. The van der Waals surface area contributed by atoms with E-state index in [1.54, 1.807) is 25.2 Å². The van der Waals surface area contributed by atoms with Crippen molar-refractivity contribution >= 4 is 27.2 Å². The number of hydrogen-bond acceptors (Lipinski definition) is 3. The highest BCUT2D eigenvalue weighted by Gasteiger charge is 2.26. The summed E-state index contributed by atoms with van der Waals surface area (Å²) < 4.78 is 26.6. The monoisotopic (exact) mass is 314 g/mol. The molecule has 112 valence electrons. The van der Waals surface area contributed by atoms with Gasteiger partial charge in [0.2, 0.25) is 10.0 Å². The number of hydrogen-bond donors (Lipinski definition) is 1. The Morgan fingerprint density at radius 1 is 1.35 bits per heavy atom. The fourth-order valence-electron chi connectivity index (χ4n) is 2.24. The fourth-order valence-corrected chi connectivity index (χ4v) is 4.06. The highest BCUT2D eigenvalue weighted by Crippen LogP contribution is 2.22. The maximum atomic E-state index is 12.6. The first kappa shape index (κ1) is 17.1. The van der Waals surface area contributed by atoms with Crippen molar-refractivity contribution in [3.05, 3.63) is 29.3 Å². The summed E-state index contributed by atoms with van der Waals surface area (Å²) in [5.41, 5.74) is 7.08. The summed E-state index contributed by atoms with van der Waals surface area (Å²) in [4.78, 5) is 0.559. The van der Waals surface area contributed by atoms with Gasteiger partial charge in [-0.3, -0.25) is 0 Å². The Morgan fingerprint density at radius 2 is 1.90 bits per heavy atom. The van der Waals surface area contributed by atoms with Crippen molar-refractivity contribution in [3.8, 4) is 0 Å². The Hall–Kier alpha value is -0.980. The first-order valence-electron chi connectivity index (χ1n) is 6.64. The van der Waals surface area contributed by atoms with Crippen LogP contribution in [-0.2, 0) is 10.0 Å². The zero-order valence-electron chi connectivity index (χ0n) is 12.4. The minimum absolute atomic E-state index is 0.00978. The SMILES string of the molecule is CCC(CC)N(C)S(=O)(=O)c1ccc(C(N)=S)c(C)c1. The highest BCUT2D eigenvalue weighted by molar-refractivity contribution is 7.89. The number of nitrogens with two attached hydrogens (primary N) is 1. The first-order chi connectivity index (χ1) is 9.25. The minimum Gasteiger partial charge on any atom is -0.389 e. The molecule has 6 heteroatoms. The predicted octanol–water partition coefficient (Wildman–Crippen LogP) is 2.44. The van der Waals surface area contributed by atoms with Gasteiger partial charge in [0.1, 0.15) is 4.99 Å². The predicted molar refractivity (Wildman–Crippen MR) is 86.4 cm³/mol. The summed E-state index contributed by atoms with van der Waals surface area (Å²) in [5.74, 6) is 0. The Balaban J connectivity index is 3.23. The smallest absolute Gasteiger partial charge is 0.243 e. The van der Waals surface area contributed by atoms with Crippen molar-refractivity contribution in [3.63, 3.8) is 0 Å². The molecule has 0 saturated carbocycles. The van der Waals surface area contributed by atoms with Crippen LogP contribution in [0.4, 0.5) is 0 Å². The molecule has 0 radical (unpaired) electrons. The van der Waals surface area contributed by atoms with E-state index in [0.717, 1.165) is 18.4 Å². The lowest BCUT2D eigenvalue weighted by Crippen LogP contribution is -2.36. The summed E-state index contributed by atoms with van der Waals surface area (Å²) >= 11 is 4.93. The summed E-state index contributed by atoms with van der Waals surface area (Å²) in [6.07, 6.45) is 1.58. The molecule has 0 aliphatic rings. The Morgan fingerprint density at radius 3 is 2.30 bits per heavy atom. The van der Waals surface area contributed by atoms with Gasteiger partial charge in [-0.25, -0.2) is 8.42 Å². The van der Waals surface area contributed by atoms with E-state index in [9.17, 15) is 8.42 Å². The summed E-state index contributed by atoms with van der Waals surface area (Å²) in [5, 5.41) is 0. The van der Waals surface area contributed by atoms with Gasteiger partial charge >= 0.3 is 0 Å². The molecule has 2 N–H and O–H groups in total. The lowest BCUT2D eigenvalue weighted by molar-refractivity contribution is 0.349. The molecule has 1 aromatic rings. The van der Waals surface area contributed by atoms with Crippen molar-refractivity contribution in [2.75, 3.05) is 7.05 Å². The van der Waals surface area contributed by atoms with E-state index < -0.39 is 10.0 Å². The lowest BCUT2D eigenvalue weighted by atomic mass is 10.1. The van der Waals surface area contributed by atoms with Gasteiger partial charge in [-0.15, -0.1) is 0 Å². The molecular formula is C14H22N2O2S2. The molecule has 0 bridgehead atoms. The van der Waals surface area contributed by atoms with Crippen molar-refractivity contribution in [2.45, 2.75) is 44.6 Å². The lowest BCUT2D eigenvalue weighted by Gasteiger charge is -2.25. The van der Waals surface area contributed by atoms with E-state index in [1.807, 2.05) is 20.8 Å². The molecule has 0 saturated heterocycles. The van der Waals surface area contributed by atoms with E-state index in [1.165, 1.54) is 4.31 Å². The third-order valence-corrected chi connectivity index (χ3v) is 5.72. The topological polar surface area (TPSA) is 63.4 Å². The van der Waals surface area contributed by atoms with Gasteiger partial charge < -0.3 is 5.73 Å². The molecule has 4 nitrogen and oxygen atoms in total. The van der Waals surface area contributed by atoms with Crippen LogP contribution in [0.5, 0.6) is 0 Å². The van der Waals surface area contributed by atoms with Crippen LogP contribution in [0, 0.1) is 6.92 Å². The van der Waals surface area contributed by atoms with E-state index in [4.69, 9.17) is 18.0 Å². The Labute approximate surface area is 127 Å². The zero-order chi connectivity index (χ0) is 15.5. The quantitative estimate of drug-likeness (QED) is 0.819. The van der Waals surface area contributed by atoms with Crippen molar-refractivity contribution < 1.29 is 8.42 Å². The van der Waals surface area contributed by atoms with Crippen LogP contribution in [0.25, 0.3) is 0 Å². The van der Waals surface area contributed by atoms with Gasteiger partial charge in [0.25, 0.3) is 0 Å². The van der Waals surface area contributed by atoms with E-state index in [0.29, 0.717) is 5.56 Å². The van der Waals surface area contributed by atoms with Crippen LogP contribution in [0.3, 0.4) is 0 Å². The Bertz CT molecular complexity index is 593. The van der Waals surface area contributed by atoms with E-state index in [-0.39, 0.29) is 15.9 Å². The normalized spacial score (nSPS) is 12.1. The number of thiocarbonyl (C=S) groups is 1. The second kappa shape index (κ2) is 6.65. The first-order valence-corrected chi connectivity index (χ1v) is 8.49. The molecule has 0 atom stereocenters. The summed E-state index contributed by atoms with van der Waals surface area (Å²) in [6, 6.07) is 4.87. The number of rotatable bonds is 6. The van der Waals surface area contributed by atoms with Crippen LogP contribution < -0.4 is 5.73 Å². The van der Waals surface area contributed by atoms with Gasteiger partial charge in [-0.05, 0) is 37.5 Å². The molecule has 0 spiro atoms. The largest absolute Gasteiger partial charge is 0.389 e. The van der Waals surface area contributed by atoms with Gasteiger partial charge in [0, 0.05) is 18.7 Å². The molecule has 0 unspecified atom stereocenters. The van der Waals surface area contributed by atoms with E-state index >= 15 is 0 Å². The maximum Gasteiger partial charge on any atom is 0.243 e. The molecule has 1 rings (SSSR count). The summed E-state index contributed by atoms with van der Waals surface area (Å²) in [6.45, 7) is 5.79. The minimum atomic E-state index is -3.48. The van der Waals surface area contributed by atoms with Crippen LogP contribution in [0.1, 0.15) is 37.8 Å². The molecule has 1 aromatic carbocycles. The molecule has 0 fully saturated rings. The average molecular weight is 314 g/mol. The highest BCUT2D eigenvalue weighted by atomic mass is 32.2. The fraction of sp³-hybridized carbons (Fsp3) is 0.500. The third kappa shape index (κ3) is 3.37. The van der Waals surface area contributed by atoms with Crippen LogP contribution in [0.2, 0.25) is 0 Å². The van der Waals surface area contributed by atoms with Gasteiger partial charge in [0.05, 0.1) is 4.90 Å². The van der Waals surface area contributed by atoms with Gasteiger partial charge in [0.15, 0.2) is 0 Å². The standard InChI is InChI=1S/C14H22N2O2S2/c1-5-11(6-2)16(4)20(17,18)12-7-8-13(14(15)19)10(3)9-12/h7-9,11H,5-6H2,1-4H3,(H2,15,19). The number of benzene rings is 1. The van der Waals surface area contributed by atoms with Crippen molar-refractivity contribution in [2.24, 2.45) is 5.73 Å². The van der Waals surface area contributed by atoms with E-state index in [2.05, 4.69) is 0 Å². The van der Waals surface area contributed by atoms with Crippen molar-refractivity contribution in [1.82, 2.24) is 4.31 Å². The molecule has 0 aliphatic heterocycles. The van der Waals surface area contributed by atoms with Crippen LogP contribution in [-0.4, -0.2) is 30.8 Å². The molecule has 0 aliphatic carbocycles.